The number of ether oxygens (including phenoxy) is 1. The Kier molecular flexibility index (Phi) is 6.50. The number of hydrogen-bond acceptors (Lipinski definition) is 5. The zero-order chi connectivity index (χ0) is 20.2. The summed E-state index contributed by atoms with van der Waals surface area (Å²) in [6, 6.07) is 8.97. The van der Waals surface area contributed by atoms with E-state index < -0.39 is 0 Å². The van der Waals surface area contributed by atoms with Gasteiger partial charge in [0.25, 0.3) is 0 Å². The average molecular weight is 414 g/mol. The molecule has 4 rings (SSSR count). The summed E-state index contributed by atoms with van der Waals surface area (Å²) in [6.45, 7) is 9.03. The van der Waals surface area contributed by atoms with Crippen molar-refractivity contribution in [3.05, 3.63) is 34.8 Å². The van der Waals surface area contributed by atoms with E-state index in [0.717, 1.165) is 60.6 Å². The van der Waals surface area contributed by atoms with Crippen LogP contribution in [0.2, 0.25) is 0 Å². The van der Waals surface area contributed by atoms with Crippen LogP contribution in [-0.2, 0) is 11.3 Å². The second-order valence-corrected chi connectivity index (χ2v) is 9.28. The molecule has 1 atom stereocenters. The lowest BCUT2D eigenvalue weighted by molar-refractivity contribution is -0.128. The van der Waals surface area contributed by atoms with Gasteiger partial charge in [-0.3, -0.25) is 4.79 Å². The van der Waals surface area contributed by atoms with Crippen molar-refractivity contribution < 1.29 is 9.53 Å². The zero-order valence-electron chi connectivity index (χ0n) is 17.5. The van der Waals surface area contributed by atoms with Crippen LogP contribution in [0.4, 0.5) is 0 Å². The predicted octanol–water partition coefficient (Wildman–Crippen LogP) is 4.49. The van der Waals surface area contributed by atoms with E-state index >= 15 is 0 Å². The molecule has 2 saturated heterocycles. The van der Waals surface area contributed by atoms with Crippen LogP contribution < -0.4 is 4.74 Å². The maximum Gasteiger partial charge on any atom is 0.222 e. The standard InChI is InChI=1S/C23H31N3O2S/c1-17-6-3-12-25(17)14-5-15-28-20-10-8-19(9-11-20)23-24-18(2)21(29-23)16-26-13-4-7-22(26)27/h8-11,17H,3-7,12-16H2,1-2H3. The Morgan fingerprint density at radius 2 is 2.03 bits per heavy atom. The summed E-state index contributed by atoms with van der Waals surface area (Å²) in [5.74, 6) is 1.18. The Balaban J connectivity index is 1.29. The van der Waals surface area contributed by atoms with Gasteiger partial charge in [-0.05, 0) is 70.3 Å². The third-order valence-electron chi connectivity index (χ3n) is 6.05. The minimum atomic E-state index is 0.264. The lowest BCUT2D eigenvalue weighted by Crippen LogP contribution is -2.28. The van der Waals surface area contributed by atoms with Crippen molar-refractivity contribution in [2.45, 2.75) is 58.5 Å². The summed E-state index contributed by atoms with van der Waals surface area (Å²) < 4.78 is 5.93. The highest BCUT2D eigenvalue weighted by Crippen LogP contribution is 2.30. The summed E-state index contributed by atoms with van der Waals surface area (Å²) in [5.41, 5.74) is 2.14. The minimum absolute atomic E-state index is 0.264. The number of carbonyl (C=O) groups is 1. The first kappa shape index (κ1) is 20.4. The van der Waals surface area contributed by atoms with E-state index in [1.165, 1.54) is 24.3 Å². The highest BCUT2D eigenvalue weighted by Gasteiger charge is 2.22. The van der Waals surface area contributed by atoms with E-state index in [1.54, 1.807) is 11.3 Å². The van der Waals surface area contributed by atoms with Gasteiger partial charge in [-0.2, -0.15) is 0 Å². The maximum atomic E-state index is 11.9. The number of thiazole rings is 1. The third-order valence-corrected chi connectivity index (χ3v) is 7.24. The third kappa shape index (κ3) is 4.98. The number of benzene rings is 1. The van der Waals surface area contributed by atoms with E-state index in [2.05, 4.69) is 24.0 Å². The molecule has 1 aromatic carbocycles. The molecule has 1 amide bonds. The van der Waals surface area contributed by atoms with Crippen molar-refractivity contribution >= 4 is 17.2 Å². The Bertz CT molecular complexity index is 833. The Labute approximate surface area is 177 Å². The molecule has 2 fully saturated rings. The van der Waals surface area contributed by atoms with E-state index in [-0.39, 0.29) is 5.91 Å². The summed E-state index contributed by atoms with van der Waals surface area (Å²) in [6.07, 6.45) is 5.38. The molecule has 3 heterocycles. The van der Waals surface area contributed by atoms with Gasteiger partial charge in [-0.15, -0.1) is 11.3 Å². The van der Waals surface area contributed by atoms with Gasteiger partial charge >= 0.3 is 0 Å². The van der Waals surface area contributed by atoms with Crippen molar-refractivity contribution in [3.8, 4) is 16.3 Å². The lowest BCUT2D eigenvalue weighted by Gasteiger charge is -2.20. The topological polar surface area (TPSA) is 45.7 Å². The summed E-state index contributed by atoms with van der Waals surface area (Å²) in [5, 5.41) is 1.01. The van der Waals surface area contributed by atoms with Crippen LogP contribution in [0.25, 0.3) is 10.6 Å². The molecule has 5 nitrogen and oxygen atoms in total. The van der Waals surface area contributed by atoms with Crippen LogP contribution in [0.1, 0.15) is 49.6 Å². The Hall–Kier alpha value is -1.92. The predicted molar refractivity (Wildman–Crippen MR) is 117 cm³/mol. The highest BCUT2D eigenvalue weighted by atomic mass is 32.1. The van der Waals surface area contributed by atoms with E-state index in [9.17, 15) is 4.79 Å². The largest absolute Gasteiger partial charge is 0.494 e. The molecule has 29 heavy (non-hydrogen) atoms. The van der Waals surface area contributed by atoms with Crippen LogP contribution in [0.5, 0.6) is 5.75 Å². The van der Waals surface area contributed by atoms with E-state index in [0.29, 0.717) is 13.0 Å². The first-order valence-electron chi connectivity index (χ1n) is 10.8. The van der Waals surface area contributed by atoms with Gasteiger partial charge in [0.05, 0.1) is 18.8 Å². The fourth-order valence-corrected chi connectivity index (χ4v) is 5.30. The minimum Gasteiger partial charge on any atom is -0.494 e. The van der Waals surface area contributed by atoms with Crippen LogP contribution in [0.15, 0.2) is 24.3 Å². The normalized spacial score (nSPS) is 20.0. The molecule has 6 heteroatoms. The summed E-state index contributed by atoms with van der Waals surface area (Å²) in [4.78, 5) is 22.3. The smallest absolute Gasteiger partial charge is 0.222 e. The van der Waals surface area contributed by atoms with E-state index in [4.69, 9.17) is 9.72 Å². The molecular formula is C23H31N3O2S. The molecule has 0 radical (unpaired) electrons. The fraction of sp³-hybridized carbons (Fsp3) is 0.565. The molecule has 2 aromatic rings. The maximum absolute atomic E-state index is 11.9. The Morgan fingerprint density at radius 1 is 1.21 bits per heavy atom. The number of nitrogens with zero attached hydrogens (tertiary/aromatic N) is 3. The molecule has 2 aliphatic heterocycles. The number of aryl methyl sites for hydroxylation is 1. The first-order chi connectivity index (χ1) is 14.1. The van der Waals surface area contributed by atoms with Crippen molar-refractivity contribution in [1.82, 2.24) is 14.8 Å². The number of hydrogen-bond donors (Lipinski definition) is 0. The van der Waals surface area contributed by atoms with Crippen molar-refractivity contribution in [2.24, 2.45) is 0 Å². The summed E-state index contributed by atoms with van der Waals surface area (Å²) >= 11 is 1.69. The van der Waals surface area contributed by atoms with Crippen LogP contribution in [0.3, 0.4) is 0 Å². The summed E-state index contributed by atoms with van der Waals surface area (Å²) in [7, 11) is 0. The number of aromatic nitrogens is 1. The molecule has 0 spiro atoms. The number of carbonyl (C=O) groups excluding carboxylic acids is 1. The van der Waals surface area contributed by atoms with Crippen molar-refractivity contribution in [1.29, 1.82) is 0 Å². The van der Waals surface area contributed by atoms with Crippen molar-refractivity contribution in [3.63, 3.8) is 0 Å². The number of amides is 1. The molecule has 156 valence electrons. The van der Waals surface area contributed by atoms with Gasteiger partial charge in [0.2, 0.25) is 5.91 Å². The molecule has 0 saturated carbocycles. The van der Waals surface area contributed by atoms with Gasteiger partial charge < -0.3 is 14.5 Å². The molecule has 0 bridgehead atoms. The molecule has 1 aromatic heterocycles. The van der Waals surface area contributed by atoms with Gasteiger partial charge in [-0.25, -0.2) is 4.98 Å². The number of rotatable bonds is 8. The van der Waals surface area contributed by atoms with E-state index in [1.807, 2.05) is 24.0 Å². The molecular weight excluding hydrogens is 382 g/mol. The quantitative estimate of drug-likeness (QED) is 0.598. The van der Waals surface area contributed by atoms with Gasteiger partial charge in [0, 0.05) is 36.0 Å². The van der Waals surface area contributed by atoms with Gasteiger partial charge in [0.1, 0.15) is 10.8 Å². The fourth-order valence-electron chi connectivity index (χ4n) is 4.22. The number of likely N-dealkylation sites (tertiary alicyclic amines) is 2. The van der Waals surface area contributed by atoms with Crippen molar-refractivity contribution in [2.75, 3.05) is 26.2 Å². The first-order valence-corrected chi connectivity index (χ1v) is 11.6. The lowest BCUT2D eigenvalue weighted by atomic mass is 10.2. The highest BCUT2D eigenvalue weighted by molar-refractivity contribution is 7.15. The van der Waals surface area contributed by atoms with Gasteiger partial charge in [0.15, 0.2) is 0 Å². The van der Waals surface area contributed by atoms with Crippen LogP contribution in [-0.4, -0.2) is 53.0 Å². The Morgan fingerprint density at radius 3 is 2.72 bits per heavy atom. The van der Waals surface area contributed by atoms with Gasteiger partial charge in [-0.1, -0.05) is 0 Å². The molecule has 0 aliphatic carbocycles. The van der Waals surface area contributed by atoms with Crippen LogP contribution in [0, 0.1) is 6.92 Å². The monoisotopic (exact) mass is 413 g/mol. The molecule has 1 unspecified atom stereocenters. The van der Waals surface area contributed by atoms with Crippen LogP contribution >= 0.6 is 11.3 Å². The molecule has 0 N–H and O–H groups in total. The SMILES string of the molecule is Cc1nc(-c2ccc(OCCCN3CCCC3C)cc2)sc1CN1CCCC1=O. The second kappa shape index (κ2) is 9.26. The molecule has 2 aliphatic rings. The second-order valence-electron chi connectivity index (χ2n) is 8.20. The average Bonchev–Trinajstić information content (AvgIpc) is 3.42. The zero-order valence-corrected chi connectivity index (χ0v) is 18.3.